The Kier molecular flexibility index (Phi) is 18.3. The highest BCUT2D eigenvalue weighted by molar-refractivity contribution is 7.00. The van der Waals surface area contributed by atoms with Crippen LogP contribution in [0.3, 0.4) is 0 Å². The molecule has 2 aliphatic rings. The Hall–Kier alpha value is -12.6. The van der Waals surface area contributed by atoms with Crippen molar-refractivity contribution in [3.63, 3.8) is 0 Å². The summed E-state index contributed by atoms with van der Waals surface area (Å²) in [5, 5.41) is 7.32. The molecule has 0 atom stereocenters. The molecule has 20 rings (SSSR count). The summed E-state index contributed by atoms with van der Waals surface area (Å²) >= 11 is 0. The van der Waals surface area contributed by atoms with Gasteiger partial charge in [-0.2, -0.15) is 0 Å². The SMILES string of the molecule is CC(C)(C)c1cc(-c2ccc3c(c2)N(c2c(-c4ccccc4)ccc4c2c2ccccc2n4-c2ccccc2)c2cc(-n4c5ccc(C(C)(C)C)cc5c5cc(C(C)(C)C)ccc54)cc4c2B3c2ccc(-n3c5ccc(C(C)(C)C)cc5c5cc(C(C)(C)C)ccc53)cc2N4c2c(-c3ccccc3)cc(C(C)(C)C)cc2-c2ccccc2)cc(C(C)(C)C)c1. The third-order valence-electron chi connectivity index (χ3n) is 27.1. The summed E-state index contributed by atoms with van der Waals surface area (Å²) in [6, 6.07) is 121. The van der Waals surface area contributed by atoms with E-state index in [4.69, 9.17) is 0 Å². The second-order valence-electron chi connectivity index (χ2n) is 42.7. The lowest BCUT2D eigenvalue weighted by Crippen LogP contribution is -2.61. The van der Waals surface area contributed by atoms with Crippen LogP contribution in [0.15, 0.2) is 309 Å². The van der Waals surface area contributed by atoms with Gasteiger partial charge in [0.25, 0.3) is 6.71 Å². The standard InChI is InChI=1S/C118H114BN5/c1-112(2,3)78-47-55-99-92(64-78)93-65-79(113(4,5)6)48-56-100(93)121(99)86-51-54-97-105(70-86)123(110-90(74-38-28-23-29-39-74)68-84(118(19,20)21)69-91(110)75-40-30-24-31-41-75)106-71-87(122-101-57-49-80(114(7,8)9)66-94(101)95-67-81(115(10,11)12)50-58-102(95)122)72-107-109(106)119(97)96-53-46-76(77-60-82(116(13,14)15)63-83(61-77)117(16,17)18)62-104(96)124(107)111-88(73-36-26-22-27-37-73)52-59-103-108(111)89-44-34-35-45-98(89)120(103)85-42-32-25-33-43-85/h22-72H,1-21H3. The first-order valence-electron chi connectivity index (χ1n) is 44.8. The molecule has 3 aromatic heterocycles. The highest BCUT2D eigenvalue weighted by Crippen LogP contribution is 2.57. The zero-order valence-electron chi connectivity index (χ0n) is 76.3. The van der Waals surface area contributed by atoms with E-state index in [9.17, 15) is 0 Å². The zero-order chi connectivity index (χ0) is 86.5. The van der Waals surface area contributed by atoms with Crippen LogP contribution in [0.5, 0.6) is 0 Å². The first-order chi connectivity index (χ1) is 58.9. The summed E-state index contributed by atoms with van der Waals surface area (Å²) in [5.41, 5.74) is 37.9. The van der Waals surface area contributed by atoms with Gasteiger partial charge in [0, 0.05) is 83.1 Å². The second kappa shape index (κ2) is 28.5. The molecule has 0 radical (unpaired) electrons. The van der Waals surface area contributed by atoms with Crippen molar-refractivity contribution in [3.8, 4) is 61.6 Å². The van der Waals surface area contributed by atoms with Crippen molar-refractivity contribution in [1.82, 2.24) is 13.7 Å². The van der Waals surface area contributed by atoms with Gasteiger partial charge in [-0.05, 0) is 236 Å². The Bertz CT molecular complexity index is 7130. The lowest BCUT2D eigenvalue weighted by molar-refractivity contribution is 0.569. The van der Waals surface area contributed by atoms with Gasteiger partial charge in [0.2, 0.25) is 0 Å². The summed E-state index contributed by atoms with van der Waals surface area (Å²) in [5.74, 6) is 0. The Balaban J connectivity index is 1.02. The van der Waals surface area contributed by atoms with Gasteiger partial charge in [-0.15, -0.1) is 0 Å². The molecule has 18 aromatic rings. The average molecular weight is 1610 g/mol. The van der Waals surface area contributed by atoms with Crippen molar-refractivity contribution in [1.29, 1.82) is 0 Å². The predicted octanol–water partition coefficient (Wildman–Crippen LogP) is 30.8. The summed E-state index contributed by atoms with van der Waals surface area (Å²) in [4.78, 5) is 5.57. The molecule has 15 aromatic carbocycles. The fraction of sp³-hybridized carbons (Fsp3) is 0.237. The van der Waals surface area contributed by atoms with Crippen molar-refractivity contribution in [3.05, 3.63) is 348 Å². The number of para-hydroxylation sites is 2. The smallest absolute Gasteiger partial charge is 0.252 e. The van der Waals surface area contributed by atoms with Crippen molar-refractivity contribution >= 4 is 123 Å². The molecule has 2 aliphatic heterocycles. The lowest BCUT2D eigenvalue weighted by atomic mass is 9.33. The number of fused-ring (bicyclic) bond motifs is 13. The van der Waals surface area contributed by atoms with Crippen LogP contribution in [0.4, 0.5) is 34.1 Å². The van der Waals surface area contributed by atoms with Gasteiger partial charge in [0.05, 0.1) is 50.2 Å². The largest absolute Gasteiger partial charge is 0.310 e. The van der Waals surface area contributed by atoms with E-state index in [2.05, 4.69) is 478 Å². The number of rotatable bonds is 9. The highest BCUT2D eigenvalue weighted by atomic mass is 15.2. The maximum absolute atomic E-state index is 2.79. The molecule has 5 heterocycles. The highest BCUT2D eigenvalue weighted by Gasteiger charge is 2.47. The molecule has 124 heavy (non-hydrogen) atoms. The molecule has 0 unspecified atom stereocenters. The number of benzene rings is 15. The Morgan fingerprint density at radius 1 is 0.202 bits per heavy atom. The average Bonchev–Trinajstić information content (AvgIpc) is 0.998. The van der Waals surface area contributed by atoms with E-state index in [1.807, 2.05) is 0 Å². The van der Waals surface area contributed by atoms with E-state index in [1.54, 1.807) is 0 Å². The Labute approximate surface area is 734 Å². The van der Waals surface area contributed by atoms with Crippen molar-refractivity contribution in [2.24, 2.45) is 0 Å². The number of aromatic nitrogens is 3. The number of anilines is 6. The Morgan fingerprint density at radius 3 is 0.992 bits per heavy atom. The summed E-state index contributed by atoms with van der Waals surface area (Å²) in [6.45, 7) is 49.2. The van der Waals surface area contributed by atoms with Crippen LogP contribution in [0.2, 0.25) is 0 Å². The maximum atomic E-state index is 2.79. The maximum Gasteiger partial charge on any atom is 0.252 e. The number of hydrogen-bond acceptors (Lipinski definition) is 2. The number of hydrogen-bond donors (Lipinski definition) is 0. The molecule has 0 aliphatic carbocycles. The van der Waals surface area contributed by atoms with E-state index in [0.717, 1.165) is 112 Å². The summed E-state index contributed by atoms with van der Waals surface area (Å²) < 4.78 is 7.74. The molecule has 5 nitrogen and oxygen atoms in total. The van der Waals surface area contributed by atoms with Crippen LogP contribution >= 0.6 is 0 Å². The van der Waals surface area contributed by atoms with Crippen LogP contribution in [-0.4, -0.2) is 20.4 Å². The van der Waals surface area contributed by atoms with Crippen molar-refractivity contribution in [2.75, 3.05) is 9.80 Å². The minimum absolute atomic E-state index is 0.0871. The molecule has 0 saturated carbocycles. The van der Waals surface area contributed by atoms with Crippen LogP contribution in [0, 0.1) is 0 Å². The summed E-state index contributed by atoms with van der Waals surface area (Å²) in [6.07, 6.45) is 0. The molecule has 0 spiro atoms. The molecule has 0 fully saturated rings. The third kappa shape index (κ3) is 13.2. The first-order valence-corrected chi connectivity index (χ1v) is 44.8. The van der Waals surface area contributed by atoms with Crippen LogP contribution in [-0.2, 0) is 37.9 Å². The fourth-order valence-electron chi connectivity index (χ4n) is 20.0. The van der Waals surface area contributed by atoms with Gasteiger partial charge in [0.1, 0.15) is 0 Å². The third-order valence-corrected chi connectivity index (χ3v) is 27.1. The molecule has 0 N–H and O–H groups in total. The van der Waals surface area contributed by atoms with Gasteiger partial charge in [-0.1, -0.05) is 340 Å². The molecule has 0 bridgehead atoms. The topological polar surface area (TPSA) is 21.3 Å². The normalized spacial score (nSPS) is 13.5. The Morgan fingerprint density at radius 2 is 0.548 bits per heavy atom. The van der Waals surface area contributed by atoms with E-state index < -0.39 is 0 Å². The minimum atomic E-state index is -0.325. The van der Waals surface area contributed by atoms with Crippen LogP contribution < -0.4 is 26.2 Å². The van der Waals surface area contributed by atoms with Gasteiger partial charge in [-0.3, -0.25) is 0 Å². The van der Waals surface area contributed by atoms with E-state index in [-0.39, 0.29) is 44.6 Å². The van der Waals surface area contributed by atoms with Gasteiger partial charge >= 0.3 is 0 Å². The van der Waals surface area contributed by atoms with Gasteiger partial charge < -0.3 is 23.5 Å². The first kappa shape index (κ1) is 79.8. The zero-order valence-corrected chi connectivity index (χ0v) is 76.3. The lowest BCUT2D eigenvalue weighted by Gasteiger charge is -2.46. The number of nitrogens with zero attached hydrogens (tertiary/aromatic N) is 5. The van der Waals surface area contributed by atoms with Crippen molar-refractivity contribution in [2.45, 2.75) is 183 Å². The van der Waals surface area contributed by atoms with E-state index >= 15 is 0 Å². The molecule has 6 heteroatoms. The molecular weight excluding hydrogens is 1500 g/mol. The van der Waals surface area contributed by atoms with Crippen molar-refractivity contribution < 1.29 is 0 Å². The van der Waals surface area contributed by atoms with Crippen LogP contribution in [0.25, 0.3) is 127 Å². The predicted molar refractivity (Wildman–Crippen MR) is 536 cm³/mol. The monoisotopic (exact) mass is 1610 g/mol. The van der Waals surface area contributed by atoms with Gasteiger partial charge in [-0.25, -0.2) is 0 Å². The van der Waals surface area contributed by atoms with E-state index in [0.29, 0.717) is 0 Å². The molecule has 614 valence electrons. The molecule has 0 saturated heterocycles. The quantitative estimate of drug-likeness (QED) is 0.134. The van der Waals surface area contributed by atoms with E-state index in [1.165, 1.54) is 104 Å². The minimum Gasteiger partial charge on any atom is -0.310 e. The summed E-state index contributed by atoms with van der Waals surface area (Å²) in [7, 11) is 0. The molecular formula is C118H114BN5. The van der Waals surface area contributed by atoms with Crippen LogP contribution in [0.1, 0.15) is 184 Å². The second-order valence-corrected chi connectivity index (χ2v) is 42.7. The fourth-order valence-corrected chi connectivity index (χ4v) is 20.0. The van der Waals surface area contributed by atoms with Gasteiger partial charge in [0.15, 0.2) is 0 Å². The molecule has 0 amide bonds.